The highest BCUT2D eigenvalue weighted by atomic mass is 35.5. The van der Waals surface area contributed by atoms with Gasteiger partial charge in [-0.15, -0.1) is 12.4 Å². The summed E-state index contributed by atoms with van der Waals surface area (Å²) in [5.41, 5.74) is 0.959. The highest BCUT2D eigenvalue weighted by Gasteiger charge is 2.34. The van der Waals surface area contributed by atoms with Crippen LogP contribution in [0.4, 0.5) is 4.39 Å². The Bertz CT molecular complexity index is 456. The zero-order chi connectivity index (χ0) is 14.8. The second kappa shape index (κ2) is 7.43. The molecule has 1 heterocycles. The van der Waals surface area contributed by atoms with E-state index in [1.807, 2.05) is 0 Å². The summed E-state index contributed by atoms with van der Waals surface area (Å²) in [5.74, 6) is 0.565. The Labute approximate surface area is 133 Å². The Kier molecular flexibility index (Phi) is 6.44. The van der Waals surface area contributed by atoms with Gasteiger partial charge in [-0.1, -0.05) is 20.8 Å². The third-order valence-corrected chi connectivity index (χ3v) is 3.82. The number of halogens is 2. The molecule has 120 valence electrons. The van der Waals surface area contributed by atoms with Crippen molar-refractivity contribution in [3.63, 3.8) is 0 Å². The van der Waals surface area contributed by atoms with Crippen LogP contribution >= 0.6 is 12.4 Å². The fourth-order valence-corrected chi connectivity index (χ4v) is 3.07. The number of piperazine rings is 1. The minimum absolute atomic E-state index is 0. The number of nitrogens with zero attached hydrogens (tertiary/aromatic N) is 1. The van der Waals surface area contributed by atoms with Crippen molar-refractivity contribution in [2.45, 2.75) is 26.8 Å². The van der Waals surface area contributed by atoms with Crippen molar-refractivity contribution in [2.24, 2.45) is 5.41 Å². The molecule has 1 aromatic carbocycles. The first kappa shape index (κ1) is 18.2. The summed E-state index contributed by atoms with van der Waals surface area (Å²) >= 11 is 0. The molecule has 1 aromatic rings. The molecule has 1 N–H and O–H groups in total. The normalized spacial score (nSPS) is 18.0. The Hall–Kier alpha value is -0.840. The third kappa shape index (κ3) is 4.31. The van der Waals surface area contributed by atoms with Gasteiger partial charge in [0, 0.05) is 37.8 Å². The lowest BCUT2D eigenvalue weighted by molar-refractivity contribution is 0.0839. The van der Waals surface area contributed by atoms with Crippen LogP contribution in [0.3, 0.4) is 0 Å². The largest absolute Gasteiger partial charge is 0.496 e. The zero-order valence-corrected chi connectivity index (χ0v) is 14.1. The number of benzene rings is 1. The molecule has 0 bridgehead atoms. The molecule has 0 amide bonds. The average molecular weight is 317 g/mol. The molecule has 0 aromatic heterocycles. The van der Waals surface area contributed by atoms with E-state index in [9.17, 15) is 4.39 Å². The monoisotopic (exact) mass is 316 g/mol. The van der Waals surface area contributed by atoms with Gasteiger partial charge in [-0.05, 0) is 23.6 Å². The molecule has 0 unspecified atom stereocenters. The molecule has 3 nitrogen and oxygen atoms in total. The Balaban J connectivity index is 0.00000220. The van der Waals surface area contributed by atoms with E-state index in [4.69, 9.17) is 4.74 Å². The molecule has 1 saturated heterocycles. The van der Waals surface area contributed by atoms with Crippen LogP contribution in [0.25, 0.3) is 0 Å². The number of hydrogen-bond acceptors (Lipinski definition) is 3. The summed E-state index contributed by atoms with van der Waals surface area (Å²) in [5, 5.41) is 3.37. The molecule has 1 atom stereocenters. The Morgan fingerprint density at radius 3 is 2.38 bits per heavy atom. The highest BCUT2D eigenvalue weighted by molar-refractivity contribution is 5.85. The van der Waals surface area contributed by atoms with Crippen LogP contribution in [-0.2, 0) is 0 Å². The maximum absolute atomic E-state index is 13.7. The smallest absolute Gasteiger partial charge is 0.123 e. The van der Waals surface area contributed by atoms with E-state index in [2.05, 4.69) is 31.0 Å². The molecule has 5 heteroatoms. The molecule has 0 aliphatic carbocycles. The van der Waals surface area contributed by atoms with E-state index < -0.39 is 0 Å². The van der Waals surface area contributed by atoms with E-state index in [1.165, 1.54) is 6.07 Å². The molecule has 21 heavy (non-hydrogen) atoms. The molecule has 1 fully saturated rings. The maximum Gasteiger partial charge on any atom is 0.123 e. The van der Waals surface area contributed by atoms with Crippen molar-refractivity contribution in [1.29, 1.82) is 0 Å². The summed E-state index contributed by atoms with van der Waals surface area (Å²) in [6.07, 6.45) is 0. The molecular formula is C16H26ClFN2O. The van der Waals surface area contributed by atoms with Crippen molar-refractivity contribution in [3.8, 4) is 5.75 Å². The van der Waals surface area contributed by atoms with Crippen LogP contribution in [0.15, 0.2) is 18.2 Å². The first-order valence-corrected chi connectivity index (χ1v) is 7.21. The summed E-state index contributed by atoms with van der Waals surface area (Å²) in [6.45, 7) is 10.5. The van der Waals surface area contributed by atoms with E-state index >= 15 is 0 Å². The van der Waals surface area contributed by atoms with Crippen LogP contribution in [0.2, 0.25) is 0 Å². The van der Waals surface area contributed by atoms with Crippen molar-refractivity contribution in [3.05, 3.63) is 29.6 Å². The van der Waals surface area contributed by atoms with E-state index in [0.29, 0.717) is 0 Å². The van der Waals surface area contributed by atoms with Crippen LogP contribution in [0, 0.1) is 11.2 Å². The van der Waals surface area contributed by atoms with Gasteiger partial charge in [0.2, 0.25) is 0 Å². The fraction of sp³-hybridized carbons (Fsp3) is 0.625. The molecule has 0 radical (unpaired) electrons. The second-order valence-corrected chi connectivity index (χ2v) is 6.44. The topological polar surface area (TPSA) is 24.5 Å². The number of rotatable bonds is 3. The second-order valence-electron chi connectivity index (χ2n) is 6.44. The standard InChI is InChI=1S/C16H25FN2O.ClH/c1-16(2,3)15(19-9-7-18-8-10-19)13-11-12(17)5-6-14(13)20-4;/h5-6,11,15,18H,7-10H2,1-4H3;1H/t15-;/m1./s1. The van der Waals surface area contributed by atoms with Gasteiger partial charge in [0.15, 0.2) is 0 Å². The van der Waals surface area contributed by atoms with Gasteiger partial charge >= 0.3 is 0 Å². The first-order valence-electron chi connectivity index (χ1n) is 7.21. The highest BCUT2D eigenvalue weighted by Crippen LogP contribution is 2.42. The van der Waals surface area contributed by atoms with Crippen molar-refractivity contribution >= 4 is 12.4 Å². The molecule has 0 spiro atoms. The number of methoxy groups -OCH3 is 1. The van der Waals surface area contributed by atoms with E-state index in [1.54, 1.807) is 19.2 Å². The number of nitrogens with one attached hydrogen (secondary N) is 1. The summed E-state index contributed by atoms with van der Waals surface area (Å²) < 4.78 is 19.2. The van der Waals surface area contributed by atoms with Crippen molar-refractivity contribution < 1.29 is 9.13 Å². The lowest BCUT2D eigenvalue weighted by Gasteiger charge is -2.43. The van der Waals surface area contributed by atoms with Gasteiger partial charge in [-0.2, -0.15) is 0 Å². The van der Waals surface area contributed by atoms with Crippen LogP contribution in [0.5, 0.6) is 5.75 Å². The van der Waals surface area contributed by atoms with Crippen molar-refractivity contribution in [1.82, 2.24) is 10.2 Å². The zero-order valence-electron chi connectivity index (χ0n) is 13.3. The third-order valence-electron chi connectivity index (χ3n) is 3.82. The van der Waals surface area contributed by atoms with Gasteiger partial charge in [0.1, 0.15) is 11.6 Å². The minimum Gasteiger partial charge on any atom is -0.496 e. The summed E-state index contributed by atoms with van der Waals surface area (Å²) in [7, 11) is 1.65. The van der Waals surface area contributed by atoms with E-state index in [0.717, 1.165) is 37.5 Å². The quantitative estimate of drug-likeness (QED) is 0.926. The predicted molar refractivity (Wildman–Crippen MR) is 86.8 cm³/mol. The first-order chi connectivity index (χ1) is 9.43. The molecular weight excluding hydrogens is 291 g/mol. The molecule has 1 aliphatic heterocycles. The van der Waals surface area contributed by atoms with Crippen LogP contribution in [-0.4, -0.2) is 38.2 Å². The van der Waals surface area contributed by atoms with Gasteiger partial charge < -0.3 is 10.1 Å². The van der Waals surface area contributed by atoms with E-state index in [-0.39, 0.29) is 29.7 Å². The Morgan fingerprint density at radius 1 is 1.24 bits per heavy atom. The van der Waals surface area contributed by atoms with Gasteiger partial charge in [0.05, 0.1) is 7.11 Å². The molecule has 2 rings (SSSR count). The summed E-state index contributed by atoms with van der Waals surface area (Å²) in [4.78, 5) is 2.42. The van der Waals surface area contributed by atoms with Crippen LogP contribution < -0.4 is 10.1 Å². The lowest BCUT2D eigenvalue weighted by atomic mass is 9.80. The average Bonchev–Trinajstić information content (AvgIpc) is 2.39. The number of ether oxygens (including phenoxy) is 1. The Morgan fingerprint density at radius 2 is 1.86 bits per heavy atom. The fourth-order valence-electron chi connectivity index (χ4n) is 3.07. The van der Waals surface area contributed by atoms with Gasteiger partial charge in [-0.3, -0.25) is 4.90 Å². The van der Waals surface area contributed by atoms with Crippen molar-refractivity contribution in [2.75, 3.05) is 33.3 Å². The van der Waals surface area contributed by atoms with Crippen LogP contribution in [0.1, 0.15) is 32.4 Å². The molecule has 0 saturated carbocycles. The predicted octanol–water partition coefficient (Wildman–Crippen LogP) is 3.25. The lowest BCUT2D eigenvalue weighted by Crippen LogP contribution is -2.48. The SMILES string of the molecule is COc1ccc(F)cc1[C@@H](N1CCNCC1)C(C)(C)C.Cl. The minimum atomic E-state index is -0.204. The maximum atomic E-state index is 13.7. The summed E-state index contributed by atoms with van der Waals surface area (Å²) in [6, 6.07) is 4.96. The van der Waals surface area contributed by atoms with Gasteiger partial charge in [0.25, 0.3) is 0 Å². The molecule has 1 aliphatic rings. The number of hydrogen-bond donors (Lipinski definition) is 1. The van der Waals surface area contributed by atoms with Gasteiger partial charge in [-0.25, -0.2) is 4.39 Å².